The minimum atomic E-state index is 0.757. The lowest BCUT2D eigenvalue weighted by Gasteiger charge is -2.26. The minimum absolute atomic E-state index is 0.757. The molecule has 18 heavy (non-hydrogen) atoms. The Bertz CT molecular complexity index is 500. The van der Waals surface area contributed by atoms with E-state index < -0.39 is 0 Å². The van der Waals surface area contributed by atoms with Crippen molar-refractivity contribution in [3.63, 3.8) is 0 Å². The smallest absolute Gasteiger partial charge is 0.236 e. The van der Waals surface area contributed by atoms with Crippen molar-refractivity contribution < 1.29 is 4.42 Å². The van der Waals surface area contributed by atoms with E-state index in [2.05, 4.69) is 15.2 Å². The number of thiophene rings is 1. The van der Waals surface area contributed by atoms with E-state index in [4.69, 9.17) is 4.42 Å². The van der Waals surface area contributed by atoms with Crippen molar-refractivity contribution in [2.24, 2.45) is 0 Å². The molecule has 2 aromatic rings. The Kier molecular flexibility index (Phi) is 3.45. The summed E-state index contributed by atoms with van der Waals surface area (Å²) in [4.78, 5) is 8.15. The van der Waals surface area contributed by atoms with Gasteiger partial charge in [0.05, 0.1) is 10.6 Å². The highest BCUT2D eigenvalue weighted by molar-refractivity contribution is 7.13. The van der Waals surface area contributed by atoms with Crippen LogP contribution in [0.25, 0.3) is 10.8 Å². The normalized spacial score (nSPS) is 17.2. The molecule has 1 fully saturated rings. The quantitative estimate of drug-likeness (QED) is 0.921. The predicted molar refractivity (Wildman–Crippen MR) is 72.7 cm³/mol. The van der Waals surface area contributed by atoms with Crippen LogP contribution in [0.2, 0.25) is 0 Å². The molecule has 1 aliphatic rings. The molecule has 0 atom stereocenters. The summed E-state index contributed by atoms with van der Waals surface area (Å²) in [6.07, 6.45) is 0. The summed E-state index contributed by atoms with van der Waals surface area (Å²) >= 11 is 1.66. The zero-order chi connectivity index (χ0) is 12.4. The van der Waals surface area contributed by atoms with Crippen LogP contribution < -0.4 is 5.32 Å². The van der Waals surface area contributed by atoms with Crippen molar-refractivity contribution in [3.8, 4) is 10.8 Å². The standard InChI is InChI=1S/C13H17N3OS/c1-10-11(9-16-6-4-14-5-7-16)15-13(17-10)12-3-2-8-18-12/h2-3,8,14H,4-7,9H2,1H3. The topological polar surface area (TPSA) is 41.3 Å². The first kappa shape index (κ1) is 11.9. The van der Waals surface area contributed by atoms with Gasteiger partial charge in [-0.15, -0.1) is 11.3 Å². The predicted octanol–water partition coefficient (Wildman–Crippen LogP) is 2.12. The third-order valence-corrected chi connectivity index (χ3v) is 4.07. The van der Waals surface area contributed by atoms with Gasteiger partial charge >= 0.3 is 0 Å². The second-order valence-corrected chi connectivity index (χ2v) is 5.47. The lowest BCUT2D eigenvalue weighted by atomic mass is 10.3. The minimum Gasteiger partial charge on any atom is -0.440 e. The highest BCUT2D eigenvalue weighted by atomic mass is 32.1. The van der Waals surface area contributed by atoms with Crippen molar-refractivity contribution in [2.45, 2.75) is 13.5 Å². The summed E-state index contributed by atoms with van der Waals surface area (Å²) in [5, 5.41) is 5.41. The van der Waals surface area contributed by atoms with Crippen LogP contribution in [0.4, 0.5) is 0 Å². The SMILES string of the molecule is Cc1oc(-c2cccs2)nc1CN1CCNCC1. The van der Waals surface area contributed by atoms with Crippen LogP contribution in [-0.2, 0) is 6.54 Å². The number of rotatable bonds is 3. The molecule has 0 radical (unpaired) electrons. The number of nitrogens with one attached hydrogen (secondary N) is 1. The molecule has 0 bridgehead atoms. The number of hydrogen-bond acceptors (Lipinski definition) is 5. The van der Waals surface area contributed by atoms with Crippen molar-refractivity contribution in [2.75, 3.05) is 26.2 Å². The Hall–Kier alpha value is -1.17. The van der Waals surface area contributed by atoms with E-state index in [0.717, 1.165) is 54.9 Å². The monoisotopic (exact) mass is 263 g/mol. The third-order valence-electron chi connectivity index (χ3n) is 3.21. The van der Waals surface area contributed by atoms with Gasteiger partial charge in [-0.05, 0) is 18.4 Å². The number of nitrogens with zero attached hydrogens (tertiary/aromatic N) is 2. The van der Waals surface area contributed by atoms with Gasteiger partial charge in [0.25, 0.3) is 0 Å². The number of aryl methyl sites for hydroxylation is 1. The maximum Gasteiger partial charge on any atom is 0.236 e. The fourth-order valence-electron chi connectivity index (χ4n) is 2.16. The fourth-order valence-corrected chi connectivity index (χ4v) is 2.81. The van der Waals surface area contributed by atoms with E-state index in [1.807, 2.05) is 24.4 Å². The molecule has 2 aromatic heterocycles. The lowest BCUT2D eigenvalue weighted by molar-refractivity contribution is 0.230. The Morgan fingerprint density at radius 2 is 2.28 bits per heavy atom. The summed E-state index contributed by atoms with van der Waals surface area (Å²) in [6, 6.07) is 4.07. The molecule has 1 aliphatic heterocycles. The largest absolute Gasteiger partial charge is 0.440 e. The van der Waals surface area contributed by atoms with Gasteiger partial charge in [-0.3, -0.25) is 4.90 Å². The lowest BCUT2D eigenvalue weighted by Crippen LogP contribution is -2.43. The van der Waals surface area contributed by atoms with Crippen LogP contribution in [0.1, 0.15) is 11.5 Å². The van der Waals surface area contributed by atoms with Crippen LogP contribution in [0.3, 0.4) is 0 Å². The first-order valence-electron chi connectivity index (χ1n) is 6.26. The second-order valence-electron chi connectivity index (χ2n) is 4.53. The molecule has 0 aromatic carbocycles. The number of aromatic nitrogens is 1. The van der Waals surface area contributed by atoms with Crippen LogP contribution >= 0.6 is 11.3 Å². The van der Waals surface area contributed by atoms with Gasteiger partial charge in [0.15, 0.2) is 0 Å². The summed E-state index contributed by atoms with van der Waals surface area (Å²) in [5.41, 5.74) is 1.07. The van der Waals surface area contributed by atoms with E-state index in [0.29, 0.717) is 0 Å². The molecule has 0 unspecified atom stereocenters. The Morgan fingerprint density at radius 1 is 1.44 bits per heavy atom. The fraction of sp³-hybridized carbons (Fsp3) is 0.462. The van der Waals surface area contributed by atoms with Crippen molar-refractivity contribution >= 4 is 11.3 Å². The Labute approximate surface area is 111 Å². The second kappa shape index (κ2) is 5.22. The highest BCUT2D eigenvalue weighted by Crippen LogP contribution is 2.26. The molecule has 3 rings (SSSR count). The molecule has 4 nitrogen and oxygen atoms in total. The molecule has 5 heteroatoms. The van der Waals surface area contributed by atoms with Crippen molar-refractivity contribution in [3.05, 3.63) is 29.0 Å². The third kappa shape index (κ3) is 2.48. The molecule has 1 saturated heterocycles. The van der Waals surface area contributed by atoms with Crippen LogP contribution in [0, 0.1) is 6.92 Å². The average molecular weight is 263 g/mol. The molecule has 96 valence electrons. The van der Waals surface area contributed by atoms with E-state index in [9.17, 15) is 0 Å². The summed E-state index contributed by atoms with van der Waals surface area (Å²) in [6.45, 7) is 7.19. The van der Waals surface area contributed by atoms with Crippen LogP contribution in [0.15, 0.2) is 21.9 Å². The van der Waals surface area contributed by atoms with Gasteiger partial charge < -0.3 is 9.73 Å². The molecule has 0 saturated carbocycles. The van der Waals surface area contributed by atoms with Gasteiger partial charge in [-0.25, -0.2) is 4.98 Å². The molecule has 1 N–H and O–H groups in total. The van der Waals surface area contributed by atoms with Gasteiger partial charge in [-0.2, -0.15) is 0 Å². The van der Waals surface area contributed by atoms with Gasteiger partial charge in [0, 0.05) is 32.7 Å². The molecule has 0 aliphatic carbocycles. The molecular weight excluding hydrogens is 246 g/mol. The van der Waals surface area contributed by atoms with Crippen molar-refractivity contribution in [1.29, 1.82) is 0 Å². The van der Waals surface area contributed by atoms with Gasteiger partial charge in [0.1, 0.15) is 5.76 Å². The first-order valence-corrected chi connectivity index (χ1v) is 7.14. The summed E-state index contributed by atoms with van der Waals surface area (Å²) in [7, 11) is 0. The van der Waals surface area contributed by atoms with Crippen LogP contribution in [-0.4, -0.2) is 36.1 Å². The maximum absolute atomic E-state index is 5.76. The Morgan fingerprint density at radius 3 is 3.00 bits per heavy atom. The Balaban J connectivity index is 1.76. The molecule has 3 heterocycles. The number of hydrogen-bond donors (Lipinski definition) is 1. The number of piperazine rings is 1. The first-order chi connectivity index (χ1) is 8.83. The molecule has 0 spiro atoms. The van der Waals surface area contributed by atoms with E-state index in [-0.39, 0.29) is 0 Å². The zero-order valence-corrected chi connectivity index (χ0v) is 11.3. The van der Waals surface area contributed by atoms with E-state index in [1.165, 1.54) is 0 Å². The van der Waals surface area contributed by atoms with E-state index >= 15 is 0 Å². The summed E-state index contributed by atoms with van der Waals surface area (Å²) < 4.78 is 5.76. The highest BCUT2D eigenvalue weighted by Gasteiger charge is 2.16. The zero-order valence-electron chi connectivity index (χ0n) is 10.5. The molecule has 0 amide bonds. The van der Waals surface area contributed by atoms with E-state index in [1.54, 1.807) is 11.3 Å². The summed E-state index contributed by atoms with van der Waals surface area (Å²) in [5.74, 6) is 1.70. The maximum atomic E-state index is 5.76. The van der Waals surface area contributed by atoms with Crippen molar-refractivity contribution in [1.82, 2.24) is 15.2 Å². The number of oxazole rings is 1. The van der Waals surface area contributed by atoms with Gasteiger partial charge in [-0.1, -0.05) is 6.07 Å². The average Bonchev–Trinajstić information content (AvgIpc) is 3.01. The van der Waals surface area contributed by atoms with Gasteiger partial charge in [0.2, 0.25) is 5.89 Å². The molecular formula is C13H17N3OS. The van der Waals surface area contributed by atoms with Crippen LogP contribution in [0.5, 0.6) is 0 Å².